The van der Waals surface area contributed by atoms with E-state index in [1.54, 1.807) is 6.33 Å². The minimum Gasteiger partial charge on any atom is -0.309 e. The molecule has 0 saturated carbocycles. The van der Waals surface area contributed by atoms with Crippen LogP contribution in [-0.4, -0.2) is 27.1 Å². The number of hydrogen-bond acceptors (Lipinski definition) is 4. The highest BCUT2D eigenvalue weighted by molar-refractivity contribution is 7.99. The molecule has 102 valence electrons. The summed E-state index contributed by atoms with van der Waals surface area (Å²) in [4.78, 5) is 5.59. The molecule has 4 nitrogen and oxygen atoms in total. The molecule has 0 amide bonds. The molecule has 19 heavy (non-hydrogen) atoms. The molecule has 2 aromatic rings. The Bertz CT molecular complexity index is 469. The number of benzene rings is 1. The van der Waals surface area contributed by atoms with Crippen molar-refractivity contribution in [1.29, 1.82) is 0 Å². The highest BCUT2D eigenvalue weighted by atomic mass is 32.2. The molecule has 0 atom stereocenters. The lowest BCUT2D eigenvalue weighted by Crippen LogP contribution is -2.20. The van der Waals surface area contributed by atoms with E-state index < -0.39 is 0 Å². The first-order valence-corrected chi connectivity index (χ1v) is 7.64. The van der Waals surface area contributed by atoms with E-state index in [9.17, 15) is 0 Å². The first-order valence-electron chi connectivity index (χ1n) is 6.65. The molecule has 0 unspecified atom stereocenters. The quantitative estimate of drug-likeness (QED) is 0.594. The van der Waals surface area contributed by atoms with Gasteiger partial charge in [0.1, 0.15) is 12.2 Å². The Kier molecular flexibility index (Phi) is 5.91. The van der Waals surface area contributed by atoms with Crippen molar-refractivity contribution in [3.63, 3.8) is 0 Å². The predicted octanol–water partition coefficient (Wildman–Crippen LogP) is 2.57. The highest BCUT2D eigenvalue weighted by Crippen LogP contribution is 2.15. The lowest BCUT2D eigenvalue weighted by molar-refractivity contribution is 0.548. The molecule has 1 aromatic carbocycles. The van der Waals surface area contributed by atoms with Crippen LogP contribution in [0.2, 0.25) is 0 Å². The van der Waals surface area contributed by atoms with Crippen molar-refractivity contribution in [2.45, 2.75) is 31.3 Å². The van der Waals surface area contributed by atoms with Crippen LogP contribution in [0.25, 0.3) is 0 Å². The van der Waals surface area contributed by atoms with Crippen molar-refractivity contribution in [3.05, 3.63) is 42.5 Å². The zero-order chi connectivity index (χ0) is 13.3. The number of aromatic nitrogens is 3. The number of rotatable bonds is 8. The van der Waals surface area contributed by atoms with Crippen molar-refractivity contribution in [2.75, 3.05) is 12.3 Å². The van der Waals surface area contributed by atoms with Crippen LogP contribution < -0.4 is 5.32 Å². The van der Waals surface area contributed by atoms with Crippen molar-refractivity contribution in [1.82, 2.24) is 20.1 Å². The molecule has 1 N–H and O–H groups in total. The maximum Gasteiger partial charge on any atom is 0.140 e. The van der Waals surface area contributed by atoms with Gasteiger partial charge < -0.3 is 5.32 Å². The van der Waals surface area contributed by atoms with E-state index in [2.05, 4.69) is 46.6 Å². The zero-order valence-corrected chi connectivity index (χ0v) is 12.1. The van der Waals surface area contributed by atoms with Crippen LogP contribution in [0.15, 0.2) is 41.6 Å². The van der Waals surface area contributed by atoms with Gasteiger partial charge in [-0.3, -0.25) is 0 Å². The molecule has 0 aliphatic rings. The van der Waals surface area contributed by atoms with Crippen molar-refractivity contribution < 1.29 is 0 Å². The number of nitrogens with zero attached hydrogens (tertiary/aromatic N) is 3. The smallest absolute Gasteiger partial charge is 0.140 e. The Labute approximate surface area is 118 Å². The molecule has 0 radical (unpaired) electrons. The second-order valence-corrected chi connectivity index (χ2v) is 5.41. The lowest BCUT2D eigenvalue weighted by atomic mass is 10.4. The summed E-state index contributed by atoms with van der Waals surface area (Å²) < 4.78 is 1.97. The molecule has 0 spiro atoms. The molecule has 0 aliphatic carbocycles. The summed E-state index contributed by atoms with van der Waals surface area (Å²) in [7, 11) is 0. The van der Waals surface area contributed by atoms with Gasteiger partial charge in [-0.2, -0.15) is 5.10 Å². The van der Waals surface area contributed by atoms with Crippen LogP contribution in [0.5, 0.6) is 0 Å². The van der Waals surface area contributed by atoms with Gasteiger partial charge in [-0.25, -0.2) is 9.67 Å². The molecule has 0 bridgehead atoms. The van der Waals surface area contributed by atoms with Gasteiger partial charge in [0.25, 0.3) is 0 Å². The summed E-state index contributed by atoms with van der Waals surface area (Å²) in [5.74, 6) is 2.08. The molecule has 1 heterocycles. The van der Waals surface area contributed by atoms with Gasteiger partial charge in [-0.05, 0) is 18.6 Å². The van der Waals surface area contributed by atoms with Crippen LogP contribution in [0.1, 0.15) is 19.2 Å². The Morgan fingerprint density at radius 1 is 1.26 bits per heavy atom. The minimum absolute atomic E-state index is 0.787. The summed E-state index contributed by atoms with van der Waals surface area (Å²) >= 11 is 1.87. The van der Waals surface area contributed by atoms with E-state index in [1.165, 1.54) is 4.90 Å². The van der Waals surface area contributed by atoms with Gasteiger partial charge in [0, 0.05) is 23.7 Å². The Morgan fingerprint density at radius 2 is 2.11 bits per heavy atom. The van der Waals surface area contributed by atoms with E-state index in [-0.39, 0.29) is 0 Å². The monoisotopic (exact) mass is 276 g/mol. The number of hydrogen-bond donors (Lipinski definition) is 1. The van der Waals surface area contributed by atoms with Gasteiger partial charge in [0.05, 0.1) is 6.54 Å². The second kappa shape index (κ2) is 7.96. The number of nitrogens with one attached hydrogen (secondary N) is 1. The van der Waals surface area contributed by atoms with Crippen LogP contribution in [0, 0.1) is 0 Å². The number of thioether (sulfide) groups is 1. The predicted molar refractivity (Wildman–Crippen MR) is 79.2 cm³/mol. The molecule has 0 fully saturated rings. The normalized spacial score (nSPS) is 10.8. The molecule has 5 heteroatoms. The van der Waals surface area contributed by atoms with Crippen molar-refractivity contribution in [3.8, 4) is 0 Å². The standard InChI is InChI=1S/C14H20N4S/c1-2-9-18-14(16-12-17-18)11-15-8-10-19-13-6-4-3-5-7-13/h3-7,12,15H,2,8-11H2,1H3. The zero-order valence-electron chi connectivity index (χ0n) is 11.2. The van der Waals surface area contributed by atoms with Crippen molar-refractivity contribution >= 4 is 11.8 Å². The first-order chi connectivity index (χ1) is 9.40. The van der Waals surface area contributed by atoms with Gasteiger partial charge in [0.15, 0.2) is 0 Å². The summed E-state index contributed by atoms with van der Waals surface area (Å²) in [6.07, 6.45) is 2.71. The highest BCUT2D eigenvalue weighted by Gasteiger charge is 2.02. The SMILES string of the molecule is CCCn1ncnc1CNCCSc1ccccc1. The second-order valence-electron chi connectivity index (χ2n) is 4.24. The van der Waals surface area contributed by atoms with Gasteiger partial charge in [-0.1, -0.05) is 25.1 Å². The minimum atomic E-state index is 0.787. The fourth-order valence-electron chi connectivity index (χ4n) is 1.78. The summed E-state index contributed by atoms with van der Waals surface area (Å²) in [5.41, 5.74) is 0. The first kappa shape index (κ1) is 14.1. The average molecular weight is 276 g/mol. The van der Waals surface area contributed by atoms with E-state index >= 15 is 0 Å². The van der Waals surface area contributed by atoms with E-state index in [1.807, 2.05) is 22.5 Å². The fourth-order valence-corrected chi connectivity index (χ4v) is 2.61. The molecular formula is C14H20N4S. The molecule has 0 aliphatic heterocycles. The average Bonchev–Trinajstić information content (AvgIpc) is 2.88. The molecular weight excluding hydrogens is 256 g/mol. The van der Waals surface area contributed by atoms with Gasteiger partial charge >= 0.3 is 0 Å². The maximum absolute atomic E-state index is 4.27. The lowest BCUT2D eigenvalue weighted by Gasteiger charge is -2.06. The topological polar surface area (TPSA) is 42.7 Å². The Morgan fingerprint density at radius 3 is 2.89 bits per heavy atom. The maximum atomic E-state index is 4.27. The van der Waals surface area contributed by atoms with Gasteiger partial charge in [0.2, 0.25) is 0 Å². The Balaban J connectivity index is 1.65. The van der Waals surface area contributed by atoms with Crippen LogP contribution >= 0.6 is 11.8 Å². The van der Waals surface area contributed by atoms with Gasteiger partial charge in [-0.15, -0.1) is 11.8 Å². The van der Waals surface area contributed by atoms with Crippen LogP contribution in [0.4, 0.5) is 0 Å². The van der Waals surface area contributed by atoms with Crippen LogP contribution in [0.3, 0.4) is 0 Å². The molecule has 2 rings (SSSR count). The summed E-state index contributed by atoms with van der Waals surface area (Å²) in [5, 5.41) is 7.63. The van der Waals surface area contributed by atoms with E-state index in [0.717, 1.165) is 37.6 Å². The molecule has 1 aromatic heterocycles. The largest absolute Gasteiger partial charge is 0.309 e. The fraction of sp³-hybridized carbons (Fsp3) is 0.429. The molecule has 0 saturated heterocycles. The Hall–Kier alpha value is -1.33. The van der Waals surface area contributed by atoms with Crippen LogP contribution in [-0.2, 0) is 13.1 Å². The van der Waals surface area contributed by atoms with E-state index in [0.29, 0.717) is 0 Å². The third kappa shape index (κ3) is 4.69. The third-order valence-electron chi connectivity index (χ3n) is 2.71. The third-order valence-corrected chi connectivity index (χ3v) is 3.72. The summed E-state index contributed by atoms with van der Waals surface area (Å²) in [6.45, 7) is 4.85. The van der Waals surface area contributed by atoms with Crippen molar-refractivity contribution in [2.24, 2.45) is 0 Å². The number of aryl methyl sites for hydroxylation is 1. The summed E-state index contributed by atoms with van der Waals surface area (Å²) in [6, 6.07) is 10.5. The van der Waals surface area contributed by atoms with E-state index in [4.69, 9.17) is 0 Å².